The standard InChI is InChI=1S/C16H16O4/c1-11(16(18)19)13-8-5-9-14(15(13)17)20-10-12-6-3-2-4-7-12/h2-9,11,17H,10H2,1H3,(H,18,19). The summed E-state index contributed by atoms with van der Waals surface area (Å²) < 4.78 is 5.55. The van der Waals surface area contributed by atoms with Crippen LogP contribution in [0.15, 0.2) is 48.5 Å². The van der Waals surface area contributed by atoms with E-state index in [1.165, 1.54) is 6.92 Å². The van der Waals surface area contributed by atoms with Gasteiger partial charge in [0.2, 0.25) is 0 Å². The van der Waals surface area contributed by atoms with E-state index in [0.717, 1.165) is 5.56 Å². The van der Waals surface area contributed by atoms with Gasteiger partial charge in [0.05, 0.1) is 5.92 Å². The fourth-order valence-corrected chi connectivity index (χ4v) is 1.87. The van der Waals surface area contributed by atoms with Gasteiger partial charge in [-0.3, -0.25) is 4.79 Å². The average Bonchev–Trinajstić information content (AvgIpc) is 2.46. The molecule has 0 radical (unpaired) electrons. The maximum atomic E-state index is 11.0. The molecule has 0 fully saturated rings. The van der Waals surface area contributed by atoms with Crippen molar-refractivity contribution in [2.75, 3.05) is 0 Å². The average molecular weight is 272 g/mol. The molecular weight excluding hydrogens is 256 g/mol. The van der Waals surface area contributed by atoms with Crippen LogP contribution in [0.5, 0.6) is 11.5 Å². The number of hydrogen-bond donors (Lipinski definition) is 2. The monoisotopic (exact) mass is 272 g/mol. The fraction of sp³-hybridized carbons (Fsp3) is 0.188. The minimum absolute atomic E-state index is 0.113. The van der Waals surface area contributed by atoms with E-state index in [-0.39, 0.29) is 5.75 Å². The van der Waals surface area contributed by atoms with Crippen molar-refractivity contribution < 1.29 is 19.7 Å². The van der Waals surface area contributed by atoms with E-state index in [1.54, 1.807) is 18.2 Å². The summed E-state index contributed by atoms with van der Waals surface area (Å²) in [7, 11) is 0. The first-order chi connectivity index (χ1) is 9.59. The molecule has 0 aliphatic carbocycles. The Balaban J connectivity index is 2.17. The molecule has 0 amide bonds. The van der Waals surface area contributed by atoms with Crippen LogP contribution >= 0.6 is 0 Å². The van der Waals surface area contributed by atoms with Crippen molar-refractivity contribution in [1.82, 2.24) is 0 Å². The SMILES string of the molecule is CC(C(=O)O)c1cccc(OCc2ccccc2)c1O. The van der Waals surface area contributed by atoms with Crippen LogP contribution in [0.25, 0.3) is 0 Å². The number of para-hydroxylation sites is 1. The van der Waals surface area contributed by atoms with Crippen molar-refractivity contribution in [3.8, 4) is 11.5 Å². The van der Waals surface area contributed by atoms with Gasteiger partial charge in [-0.05, 0) is 18.6 Å². The third-order valence-corrected chi connectivity index (χ3v) is 3.10. The van der Waals surface area contributed by atoms with Crippen LogP contribution in [0.2, 0.25) is 0 Å². The zero-order valence-corrected chi connectivity index (χ0v) is 11.1. The second-order valence-corrected chi connectivity index (χ2v) is 4.53. The van der Waals surface area contributed by atoms with E-state index in [4.69, 9.17) is 9.84 Å². The van der Waals surface area contributed by atoms with Gasteiger partial charge < -0.3 is 14.9 Å². The Morgan fingerprint density at radius 2 is 1.85 bits per heavy atom. The summed E-state index contributed by atoms with van der Waals surface area (Å²) in [5, 5.41) is 19.1. The number of hydrogen-bond acceptors (Lipinski definition) is 3. The van der Waals surface area contributed by atoms with Crippen molar-refractivity contribution in [3.05, 3.63) is 59.7 Å². The molecule has 0 saturated heterocycles. The lowest BCUT2D eigenvalue weighted by molar-refractivity contribution is -0.138. The minimum Gasteiger partial charge on any atom is -0.504 e. The number of phenols is 1. The molecule has 0 aliphatic rings. The van der Waals surface area contributed by atoms with E-state index in [0.29, 0.717) is 17.9 Å². The number of aromatic hydroxyl groups is 1. The van der Waals surface area contributed by atoms with Gasteiger partial charge in [-0.25, -0.2) is 0 Å². The summed E-state index contributed by atoms with van der Waals surface area (Å²) in [5.74, 6) is -1.59. The van der Waals surface area contributed by atoms with E-state index >= 15 is 0 Å². The van der Waals surface area contributed by atoms with Crippen LogP contribution in [-0.2, 0) is 11.4 Å². The number of ether oxygens (including phenoxy) is 1. The Hall–Kier alpha value is -2.49. The number of phenolic OH excluding ortho intramolecular Hbond substituents is 1. The molecule has 2 rings (SSSR count). The van der Waals surface area contributed by atoms with Gasteiger partial charge in [-0.15, -0.1) is 0 Å². The molecule has 4 nitrogen and oxygen atoms in total. The van der Waals surface area contributed by atoms with Gasteiger partial charge >= 0.3 is 5.97 Å². The maximum absolute atomic E-state index is 11.0. The molecule has 0 aromatic heterocycles. The Kier molecular flexibility index (Phi) is 4.25. The van der Waals surface area contributed by atoms with E-state index < -0.39 is 11.9 Å². The predicted octanol–water partition coefficient (Wildman–Crippen LogP) is 3.16. The van der Waals surface area contributed by atoms with Crippen LogP contribution in [-0.4, -0.2) is 16.2 Å². The molecule has 2 N–H and O–H groups in total. The number of aliphatic carboxylic acids is 1. The largest absolute Gasteiger partial charge is 0.504 e. The summed E-state index contributed by atoms with van der Waals surface area (Å²) in [6.45, 7) is 1.84. The lowest BCUT2D eigenvalue weighted by Gasteiger charge is -2.13. The Morgan fingerprint density at radius 1 is 1.15 bits per heavy atom. The van der Waals surface area contributed by atoms with Crippen molar-refractivity contribution in [1.29, 1.82) is 0 Å². The molecule has 0 heterocycles. The van der Waals surface area contributed by atoms with Gasteiger partial charge in [0.15, 0.2) is 11.5 Å². The highest BCUT2D eigenvalue weighted by atomic mass is 16.5. The lowest BCUT2D eigenvalue weighted by Crippen LogP contribution is -2.08. The second kappa shape index (κ2) is 6.10. The van der Waals surface area contributed by atoms with Crippen molar-refractivity contribution in [2.45, 2.75) is 19.4 Å². The molecule has 0 aliphatic heterocycles. The minimum atomic E-state index is -0.986. The Bertz CT molecular complexity index is 593. The predicted molar refractivity (Wildman–Crippen MR) is 74.9 cm³/mol. The van der Waals surface area contributed by atoms with Crippen molar-refractivity contribution in [2.24, 2.45) is 0 Å². The molecule has 2 aromatic rings. The van der Waals surface area contributed by atoms with Gasteiger partial charge in [-0.2, -0.15) is 0 Å². The molecule has 1 atom stereocenters. The molecule has 0 saturated carbocycles. The molecule has 0 bridgehead atoms. The van der Waals surface area contributed by atoms with Crippen molar-refractivity contribution in [3.63, 3.8) is 0 Å². The molecule has 4 heteroatoms. The summed E-state index contributed by atoms with van der Waals surface area (Å²) in [4.78, 5) is 11.0. The van der Waals surface area contributed by atoms with Crippen LogP contribution < -0.4 is 4.74 Å². The van der Waals surface area contributed by atoms with E-state index in [9.17, 15) is 9.90 Å². The van der Waals surface area contributed by atoms with E-state index in [1.807, 2.05) is 30.3 Å². The number of carboxylic acids is 1. The zero-order chi connectivity index (χ0) is 14.5. The van der Waals surface area contributed by atoms with Gasteiger partial charge in [0.1, 0.15) is 6.61 Å². The lowest BCUT2D eigenvalue weighted by atomic mass is 10.00. The van der Waals surface area contributed by atoms with Crippen LogP contribution in [0.3, 0.4) is 0 Å². The maximum Gasteiger partial charge on any atom is 0.310 e. The highest BCUT2D eigenvalue weighted by Crippen LogP contribution is 2.35. The smallest absolute Gasteiger partial charge is 0.310 e. The summed E-state index contributed by atoms with van der Waals surface area (Å²) >= 11 is 0. The van der Waals surface area contributed by atoms with Crippen LogP contribution in [0.1, 0.15) is 24.0 Å². The van der Waals surface area contributed by atoms with Crippen molar-refractivity contribution >= 4 is 5.97 Å². The molecule has 0 spiro atoms. The third-order valence-electron chi connectivity index (χ3n) is 3.10. The van der Waals surface area contributed by atoms with Crippen LogP contribution in [0.4, 0.5) is 0 Å². The highest BCUT2D eigenvalue weighted by molar-refractivity contribution is 5.77. The third kappa shape index (κ3) is 3.09. The zero-order valence-electron chi connectivity index (χ0n) is 11.1. The van der Waals surface area contributed by atoms with Gasteiger partial charge in [0.25, 0.3) is 0 Å². The van der Waals surface area contributed by atoms with Crippen LogP contribution in [0, 0.1) is 0 Å². The first-order valence-electron chi connectivity index (χ1n) is 6.31. The summed E-state index contributed by atoms with van der Waals surface area (Å²) in [6.07, 6.45) is 0. The summed E-state index contributed by atoms with van der Waals surface area (Å²) in [6, 6.07) is 14.4. The fourth-order valence-electron chi connectivity index (χ4n) is 1.87. The topological polar surface area (TPSA) is 66.8 Å². The number of carboxylic acid groups (broad SMARTS) is 1. The molecule has 104 valence electrons. The quantitative estimate of drug-likeness (QED) is 0.877. The second-order valence-electron chi connectivity index (χ2n) is 4.53. The summed E-state index contributed by atoms with van der Waals surface area (Å²) in [5.41, 5.74) is 1.33. The molecule has 1 unspecified atom stereocenters. The van der Waals surface area contributed by atoms with Gasteiger partial charge in [-0.1, -0.05) is 42.5 Å². The molecule has 20 heavy (non-hydrogen) atoms. The number of carbonyl (C=O) groups is 1. The normalized spacial score (nSPS) is 11.8. The molecular formula is C16H16O4. The first kappa shape index (κ1) is 13.9. The molecule has 2 aromatic carbocycles. The van der Waals surface area contributed by atoms with E-state index in [2.05, 4.69) is 0 Å². The Morgan fingerprint density at radius 3 is 2.50 bits per heavy atom. The highest BCUT2D eigenvalue weighted by Gasteiger charge is 2.19. The number of rotatable bonds is 5. The first-order valence-corrected chi connectivity index (χ1v) is 6.31. The van der Waals surface area contributed by atoms with Gasteiger partial charge in [0, 0.05) is 5.56 Å². The Labute approximate surface area is 117 Å². The number of benzene rings is 2.